The van der Waals surface area contributed by atoms with Crippen molar-refractivity contribution >= 4 is 23.3 Å². The van der Waals surface area contributed by atoms with Crippen molar-refractivity contribution in [2.45, 2.75) is 33.2 Å². The van der Waals surface area contributed by atoms with E-state index in [9.17, 15) is 4.79 Å². The fourth-order valence-corrected chi connectivity index (χ4v) is 2.42. The zero-order valence-corrected chi connectivity index (χ0v) is 12.0. The summed E-state index contributed by atoms with van der Waals surface area (Å²) in [5.41, 5.74) is 0. The summed E-state index contributed by atoms with van der Waals surface area (Å²) < 4.78 is 0. The summed E-state index contributed by atoms with van der Waals surface area (Å²) in [5, 5.41) is 11.9. The monoisotopic (exact) mass is 267 g/mol. The Kier molecular flexibility index (Phi) is 6.09. The average molecular weight is 267 g/mol. The Balaban J connectivity index is 2.52. The number of nitrogens with one attached hydrogen (secondary N) is 1. The molecule has 1 unspecified atom stereocenters. The third kappa shape index (κ3) is 5.02. The van der Waals surface area contributed by atoms with E-state index in [1.807, 2.05) is 39.0 Å². The molecule has 2 N–H and O–H groups in total. The summed E-state index contributed by atoms with van der Waals surface area (Å²) in [6, 6.07) is 4.06. The molecule has 0 aliphatic heterocycles. The molecule has 1 heterocycles. The molecule has 3 nitrogen and oxygen atoms in total. The first-order chi connectivity index (χ1) is 8.52. The molecule has 0 radical (unpaired) electrons. The lowest BCUT2D eigenvalue weighted by Gasteiger charge is -2.20. The van der Waals surface area contributed by atoms with Crippen LogP contribution in [0.25, 0.3) is 6.08 Å². The van der Waals surface area contributed by atoms with E-state index in [2.05, 4.69) is 5.32 Å². The van der Waals surface area contributed by atoms with Crippen molar-refractivity contribution in [1.29, 1.82) is 0 Å². The molecule has 1 aromatic rings. The van der Waals surface area contributed by atoms with E-state index in [-0.39, 0.29) is 18.6 Å². The molecule has 1 aromatic heterocycles. The highest BCUT2D eigenvalue weighted by atomic mass is 32.1. The number of carbonyl (C=O) groups excluding carboxylic acids is 1. The van der Waals surface area contributed by atoms with Crippen LogP contribution in [0, 0.1) is 12.8 Å². The summed E-state index contributed by atoms with van der Waals surface area (Å²) in [5.74, 6) is 0.215. The van der Waals surface area contributed by atoms with Crippen LogP contribution in [0.3, 0.4) is 0 Å². The molecular formula is C14H21NO2S. The van der Waals surface area contributed by atoms with Gasteiger partial charge < -0.3 is 10.4 Å². The number of aliphatic hydroxyl groups excluding tert-OH is 1. The van der Waals surface area contributed by atoms with Crippen molar-refractivity contribution in [3.05, 3.63) is 28.0 Å². The van der Waals surface area contributed by atoms with Gasteiger partial charge in [-0.15, -0.1) is 11.3 Å². The zero-order chi connectivity index (χ0) is 13.5. The Labute approximate surface area is 113 Å². The lowest BCUT2D eigenvalue weighted by Crippen LogP contribution is -2.38. The Bertz CT molecular complexity index is 410. The van der Waals surface area contributed by atoms with Gasteiger partial charge in [-0.2, -0.15) is 0 Å². The van der Waals surface area contributed by atoms with Gasteiger partial charge in [-0.05, 0) is 37.5 Å². The number of carbonyl (C=O) groups is 1. The molecule has 18 heavy (non-hydrogen) atoms. The van der Waals surface area contributed by atoms with Crippen LogP contribution in [-0.2, 0) is 4.79 Å². The summed E-state index contributed by atoms with van der Waals surface area (Å²) in [7, 11) is 0. The third-order valence-electron chi connectivity index (χ3n) is 2.73. The largest absolute Gasteiger partial charge is 0.396 e. The third-order valence-corrected chi connectivity index (χ3v) is 3.70. The smallest absolute Gasteiger partial charge is 0.244 e. The second-order valence-electron chi connectivity index (χ2n) is 4.65. The van der Waals surface area contributed by atoms with E-state index in [4.69, 9.17) is 5.11 Å². The average Bonchev–Trinajstić information content (AvgIpc) is 2.72. The maximum absolute atomic E-state index is 11.7. The van der Waals surface area contributed by atoms with Crippen molar-refractivity contribution in [1.82, 2.24) is 5.32 Å². The van der Waals surface area contributed by atoms with Crippen LogP contribution < -0.4 is 5.32 Å². The van der Waals surface area contributed by atoms with Gasteiger partial charge in [-0.3, -0.25) is 4.79 Å². The van der Waals surface area contributed by atoms with Gasteiger partial charge in [-0.25, -0.2) is 0 Å². The molecule has 0 aliphatic carbocycles. The first-order valence-electron chi connectivity index (χ1n) is 6.18. The van der Waals surface area contributed by atoms with E-state index < -0.39 is 0 Å². The van der Waals surface area contributed by atoms with Crippen LogP contribution in [0.5, 0.6) is 0 Å². The molecule has 0 fully saturated rings. The van der Waals surface area contributed by atoms with Gasteiger partial charge in [0.05, 0.1) is 0 Å². The van der Waals surface area contributed by atoms with Gasteiger partial charge in [0.25, 0.3) is 0 Å². The number of rotatable bonds is 6. The van der Waals surface area contributed by atoms with E-state index in [0.717, 1.165) is 4.88 Å². The van der Waals surface area contributed by atoms with Crippen LogP contribution in [0.1, 0.15) is 30.0 Å². The quantitative estimate of drug-likeness (QED) is 0.778. The molecule has 0 aliphatic rings. The first-order valence-corrected chi connectivity index (χ1v) is 7.00. The summed E-state index contributed by atoms with van der Waals surface area (Å²) in [6.45, 7) is 6.20. The second-order valence-corrected chi connectivity index (χ2v) is 5.97. The number of thiophene rings is 1. The van der Waals surface area contributed by atoms with E-state index in [1.54, 1.807) is 17.4 Å². The minimum Gasteiger partial charge on any atom is -0.396 e. The van der Waals surface area contributed by atoms with E-state index in [1.165, 1.54) is 4.88 Å². The van der Waals surface area contributed by atoms with Crippen molar-refractivity contribution < 1.29 is 9.90 Å². The topological polar surface area (TPSA) is 49.3 Å². The molecule has 0 saturated carbocycles. The Morgan fingerprint density at radius 1 is 1.50 bits per heavy atom. The highest BCUT2D eigenvalue weighted by Crippen LogP contribution is 2.16. The fraction of sp³-hybridized carbons (Fsp3) is 0.500. The summed E-state index contributed by atoms with van der Waals surface area (Å²) in [6.07, 6.45) is 3.97. The number of amides is 1. The molecule has 0 saturated heterocycles. The first kappa shape index (κ1) is 14.9. The second kappa shape index (κ2) is 7.34. The van der Waals surface area contributed by atoms with Crippen LogP contribution in [0.4, 0.5) is 0 Å². The predicted molar refractivity (Wildman–Crippen MR) is 76.6 cm³/mol. The predicted octanol–water partition coefficient (Wildman–Crippen LogP) is 2.59. The number of hydrogen-bond donors (Lipinski definition) is 2. The van der Waals surface area contributed by atoms with Crippen LogP contribution in [-0.4, -0.2) is 23.7 Å². The molecule has 0 bridgehead atoms. The van der Waals surface area contributed by atoms with Crippen LogP contribution in [0.15, 0.2) is 18.2 Å². The number of aryl methyl sites for hydroxylation is 1. The normalized spacial score (nSPS) is 13.2. The van der Waals surface area contributed by atoms with Gasteiger partial charge in [0.2, 0.25) is 5.91 Å². The zero-order valence-electron chi connectivity index (χ0n) is 11.1. The molecule has 4 heteroatoms. The molecule has 0 aromatic carbocycles. The molecule has 1 amide bonds. The molecule has 1 rings (SSSR count). The fourth-order valence-electron chi connectivity index (χ4n) is 1.64. The van der Waals surface area contributed by atoms with Crippen molar-refractivity contribution in [2.24, 2.45) is 5.92 Å². The van der Waals surface area contributed by atoms with Gasteiger partial charge in [0.15, 0.2) is 0 Å². The van der Waals surface area contributed by atoms with Gasteiger partial charge in [-0.1, -0.05) is 13.8 Å². The Morgan fingerprint density at radius 2 is 2.22 bits per heavy atom. The van der Waals surface area contributed by atoms with Crippen molar-refractivity contribution in [3.8, 4) is 0 Å². The number of aliphatic hydroxyl groups is 1. The molecule has 0 spiro atoms. The van der Waals surface area contributed by atoms with Crippen LogP contribution in [0.2, 0.25) is 0 Å². The SMILES string of the molecule is Cc1ccc(/C=C/C(=O)NC(CCO)C(C)C)s1. The van der Waals surface area contributed by atoms with Gasteiger partial charge in [0, 0.05) is 28.5 Å². The maximum atomic E-state index is 11.7. The molecular weight excluding hydrogens is 246 g/mol. The minimum absolute atomic E-state index is 0.0252. The Hall–Kier alpha value is -1.13. The Morgan fingerprint density at radius 3 is 2.72 bits per heavy atom. The van der Waals surface area contributed by atoms with Crippen molar-refractivity contribution in [3.63, 3.8) is 0 Å². The van der Waals surface area contributed by atoms with E-state index >= 15 is 0 Å². The van der Waals surface area contributed by atoms with Crippen molar-refractivity contribution in [2.75, 3.05) is 6.61 Å². The summed E-state index contributed by atoms with van der Waals surface area (Å²) in [4.78, 5) is 14.0. The molecule has 100 valence electrons. The standard InChI is InChI=1S/C14H21NO2S/c1-10(2)13(8-9-16)15-14(17)7-6-12-5-4-11(3)18-12/h4-7,10,13,16H,8-9H2,1-3H3,(H,15,17)/b7-6+. The highest BCUT2D eigenvalue weighted by Gasteiger charge is 2.13. The number of hydrogen-bond acceptors (Lipinski definition) is 3. The van der Waals surface area contributed by atoms with Gasteiger partial charge in [0.1, 0.15) is 0 Å². The van der Waals surface area contributed by atoms with Crippen LogP contribution >= 0.6 is 11.3 Å². The lowest BCUT2D eigenvalue weighted by molar-refractivity contribution is -0.117. The van der Waals surface area contributed by atoms with E-state index in [0.29, 0.717) is 12.3 Å². The van der Waals surface area contributed by atoms with Gasteiger partial charge >= 0.3 is 0 Å². The molecule has 1 atom stereocenters. The highest BCUT2D eigenvalue weighted by molar-refractivity contribution is 7.12. The summed E-state index contributed by atoms with van der Waals surface area (Å²) >= 11 is 1.66. The lowest BCUT2D eigenvalue weighted by atomic mass is 10.0. The maximum Gasteiger partial charge on any atom is 0.244 e. The minimum atomic E-state index is -0.104.